The van der Waals surface area contributed by atoms with Gasteiger partial charge in [0.25, 0.3) is 0 Å². The van der Waals surface area contributed by atoms with Crippen LogP contribution in [0.5, 0.6) is 0 Å². The molecule has 3 nitrogen and oxygen atoms in total. The zero-order valence-electron chi connectivity index (χ0n) is 16.4. The molecule has 0 N–H and O–H groups in total. The molecule has 2 aromatic carbocycles. The Morgan fingerprint density at radius 2 is 1.81 bits per heavy atom. The molecule has 2 aromatic rings. The zero-order chi connectivity index (χ0) is 19.2. The number of amides is 1. The maximum atomic E-state index is 13.9. The highest BCUT2D eigenvalue weighted by Crippen LogP contribution is 2.15. The van der Waals surface area contributed by atoms with Crippen LogP contribution in [-0.4, -0.2) is 41.9 Å². The molecule has 0 atom stereocenters. The van der Waals surface area contributed by atoms with Crippen molar-refractivity contribution in [3.05, 3.63) is 70.5 Å². The van der Waals surface area contributed by atoms with Crippen LogP contribution < -0.4 is 0 Å². The first-order valence-corrected chi connectivity index (χ1v) is 9.82. The summed E-state index contributed by atoms with van der Waals surface area (Å²) in [6.07, 6.45) is 2.28. The van der Waals surface area contributed by atoms with Gasteiger partial charge in [-0.2, -0.15) is 0 Å². The van der Waals surface area contributed by atoms with Gasteiger partial charge < -0.3 is 4.90 Å². The second kappa shape index (κ2) is 9.14. The van der Waals surface area contributed by atoms with E-state index in [0.717, 1.165) is 44.6 Å². The monoisotopic (exact) mass is 368 g/mol. The predicted molar refractivity (Wildman–Crippen MR) is 107 cm³/mol. The van der Waals surface area contributed by atoms with Crippen molar-refractivity contribution in [1.29, 1.82) is 0 Å². The van der Waals surface area contributed by atoms with E-state index in [9.17, 15) is 9.18 Å². The molecule has 0 saturated carbocycles. The van der Waals surface area contributed by atoms with Crippen molar-refractivity contribution in [1.82, 2.24) is 9.80 Å². The van der Waals surface area contributed by atoms with E-state index >= 15 is 0 Å². The van der Waals surface area contributed by atoms with Crippen LogP contribution in [0, 0.1) is 19.7 Å². The van der Waals surface area contributed by atoms with Gasteiger partial charge in [0.15, 0.2) is 0 Å². The first-order valence-electron chi connectivity index (χ1n) is 9.82. The highest BCUT2D eigenvalue weighted by Gasteiger charge is 2.19. The third-order valence-corrected chi connectivity index (χ3v) is 5.40. The van der Waals surface area contributed by atoms with Crippen LogP contribution in [0.2, 0.25) is 0 Å². The molecule has 1 heterocycles. The molecule has 4 heteroatoms. The van der Waals surface area contributed by atoms with Crippen LogP contribution in [0.25, 0.3) is 0 Å². The Balaban J connectivity index is 1.51. The van der Waals surface area contributed by atoms with Gasteiger partial charge in [-0.3, -0.25) is 9.69 Å². The standard InChI is InChI=1S/C23H29FN2O/c1-18-8-9-20(19(2)16-18)10-11-23(27)26-13-5-12-25(14-15-26)17-21-6-3-4-7-22(21)24/h3-4,6-9,16H,5,10-15,17H2,1-2H3. The van der Waals surface area contributed by atoms with Crippen molar-refractivity contribution in [2.75, 3.05) is 26.2 Å². The number of carbonyl (C=O) groups excluding carboxylic acids is 1. The molecule has 1 saturated heterocycles. The van der Waals surface area contributed by atoms with Crippen LogP contribution in [0.4, 0.5) is 4.39 Å². The number of nitrogens with zero attached hydrogens (tertiary/aromatic N) is 2. The van der Waals surface area contributed by atoms with Crippen LogP contribution >= 0.6 is 0 Å². The number of rotatable bonds is 5. The summed E-state index contributed by atoms with van der Waals surface area (Å²) in [6.45, 7) is 8.02. The normalized spacial score (nSPS) is 15.6. The van der Waals surface area contributed by atoms with Crippen molar-refractivity contribution >= 4 is 5.91 Å². The molecule has 144 valence electrons. The van der Waals surface area contributed by atoms with Gasteiger partial charge in [-0.15, -0.1) is 0 Å². The van der Waals surface area contributed by atoms with Crippen LogP contribution in [0.15, 0.2) is 42.5 Å². The minimum Gasteiger partial charge on any atom is -0.341 e. The van der Waals surface area contributed by atoms with Gasteiger partial charge >= 0.3 is 0 Å². The molecule has 0 aromatic heterocycles. The van der Waals surface area contributed by atoms with Crippen molar-refractivity contribution in [2.24, 2.45) is 0 Å². The van der Waals surface area contributed by atoms with Gasteiger partial charge in [0, 0.05) is 44.7 Å². The Morgan fingerprint density at radius 1 is 1.00 bits per heavy atom. The molecule has 1 aliphatic rings. The van der Waals surface area contributed by atoms with E-state index in [-0.39, 0.29) is 11.7 Å². The highest BCUT2D eigenvalue weighted by molar-refractivity contribution is 5.76. The third kappa shape index (κ3) is 5.39. The SMILES string of the molecule is Cc1ccc(CCC(=O)N2CCCN(Cc3ccccc3F)CC2)c(C)c1. The van der Waals surface area contributed by atoms with Crippen molar-refractivity contribution in [3.8, 4) is 0 Å². The Labute approximate surface area is 161 Å². The molecule has 1 amide bonds. The molecule has 0 radical (unpaired) electrons. The fraction of sp³-hybridized carbons (Fsp3) is 0.435. The number of carbonyl (C=O) groups is 1. The molecule has 0 bridgehead atoms. The lowest BCUT2D eigenvalue weighted by molar-refractivity contribution is -0.131. The maximum absolute atomic E-state index is 13.9. The van der Waals surface area contributed by atoms with Gasteiger partial charge in [0.1, 0.15) is 5.82 Å². The summed E-state index contributed by atoms with van der Waals surface area (Å²) < 4.78 is 13.9. The quantitative estimate of drug-likeness (QED) is 0.793. The van der Waals surface area contributed by atoms with Gasteiger partial charge in [-0.25, -0.2) is 4.39 Å². The largest absolute Gasteiger partial charge is 0.341 e. The molecular formula is C23H29FN2O. The first kappa shape index (κ1) is 19.6. The summed E-state index contributed by atoms with van der Waals surface area (Å²) in [5.74, 6) is 0.0749. The zero-order valence-corrected chi connectivity index (χ0v) is 16.4. The Bertz CT molecular complexity index is 790. The molecular weight excluding hydrogens is 339 g/mol. The van der Waals surface area contributed by atoms with E-state index in [1.54, 1.807) is 6.07 Å². The lowest BCUT2D eigenvalue weighted by Gasteiger charge is -2.22. The lowest BCUT2D eigenvalue weighted by Crippen LogP contribution is -2.35. The van der Waals surface area contributed by atoms with E-state index in [2.05, 4.69) is 36.9 Å². The third-order valence-electron chi connectivity index (χ3n) is 5.40. The number of halogens is 1. The summed E-state index contributed by atoms with van der Waals surface area (Å²) in [6, 6.07) is 13.4. The van der Waals surface area contributed by atoms with Crippen molar-refractivity contribution in [2.45, 2.75) is 39.7 Å². The van der Waals surface area contributed by atoms with Gasteiger partial charge in [0.2, 0.25) is 5.91 Å². The molecule has 1 aliphatic heterocycles. The van der Waals surface area contributed by atoms with Gasteiger partial charge in [0.05, 0.1) is 0 Å². The summed E-state index contributed by atoms with van der Waals surface area (Å²) in [4.78, 5) is 16.9. The second-order valence-corrected chi connectivity index (χ2v) is 7.53. The van der Waals surface area contributed by atoms with Crippen molar-refractivity contribution < 1.29 is 9.18 Å². The fourth-order valence-corrected chi connectivity index (χ4v) is 3.77. The van der Waals surface area contributed by atoms with Crippen LogP contribution in [0.1, 0.15) is 35.1 Å². The molecule has 0 aliphatic carbocycles. The van der Waals surface area contributed by atoms with E-state index in [0.29, 0.717) is 13.0 Å². The second-order valence-electron chi connectivity index (χ2n) is 7.53. The van der Waals surface area contributed by atoms with E-state index < -0.39 is 0 Å². The maximum Gasteiger partial charge on any atom is 0.222 e. The average Bonchev–Trinajstić information content (AvgIpc) is 2.88. The first-order chi connectivity index (χ1) is 13.0. The number of hydrogen-bond donors (Lipinski definition) is 0. The summed E-state index contributed by atoms with van der Waals surface area (Å²) in [5.41, 5.74) is 4.50. The Morgan fingerprint density at radius 3 is 2.59 bits per heavy atom. The van der Waals surface area contributed by atoms with E-state index in [1.807, 2.05) is 17.0 Å². The van der Waals surface area contributed by atoms with Gasteiger partial charge in [-0.1, -0.05) is 42.0 Å². The van der Waals surface area contributed by atoms with Crippen LogP contribution in [0.3, 0.4) is 0 Å². The summed E-state index contributed by atoms with van der Waals surface area (Å²) >= 11 is 0. The van der Waals surface area contributed by atoms with E-state index in [1.165, 1.54) is 22.8 Å². The topological polar surface area (TPSA) is 23.6 Å². The summed E-state index contributed by atoms with van der Waals surface area (Å²) in [7, 11) is 0. The number of benzene rings is 2. The lowest BCUT2D eigenvalue weighted by atomic mass is 10.0. The van der Waals surface area contributed by atoms with E-state index in [4.69, 9.17) is 0 Å². The minimum atomic E-state index is -0.150. The highest BCUT2D eigenvalue weighted by atomic mass is 19.1. The molecule has 1 fully saturated rings. The molecule has 27 heavy (non-hydrogen) atoms. The molecule has 0 unspecified atom stereocenters. The van der Waals surface area contributed by atoms with Gasteiger partial charge in [-0.05, 0) is 43.9 Å². The predicted octanol–water partition coefficient (Wildman–Crippen LogP) is 4.11. The minimum absolute atomic E-state index is 0.150. The Kier molecular flexibility index (Phi) is 6.62. The smallest absolute Gasteiger partial charge is 0.222 e. The molecule has 3 rings (SSSR count). The fourth-order valence-electron chi connectivity index (χ4n) is 3.77. The molecule has 0 spiro atoms. The number of aryl methyl sites for hydroxylation is 3. The average molecular weight is 368 g/mol. The Hall–Kier alpha value is -2.20. The number of hydrogen-bond acceptors (Lipinski definition) is 2. The van der Waals surface area contributed by atoms with Crippen molar-refractivity contribution in [3.63, 3.8) is 0 Å². The summed E-state index contributed by atoms with van der Waals surface area (Å²) in [5, 5.41) is 0. The van der Waals surface area contributed by atoms with Crippen LogP contribution in [-0.2, 0) is 17.8 Å².